The van der Waals surface area contributed by atoms with Gasteiger partial charge in [-0.05, 0) is 49.5 Å². The van der Waals surface area contributed by atoms with Gasteiger partial charge in [-0.3, -0.25) is 19.8 Å². The Hall–Kier alpha value is -3.06. The standard InChI is InChI=1S/C21H24N4O3/c1-16-4-2-3-5-19(16)14-22-23-21(26)18-10-12-24(13-11-18)15-17-6-8-20(9-7-17)25(27)28/h2-9,14,18H,10-13,15H2,1H3,(H,23,26)/b22-14+. The number of nitrogens with one attached hydrogen (secondary N) is 1. The molecular weight excluding hydrogens is 356 g/mol. The first-order valence-electron chi connectivity index (χ1n) is 9.37. The molecule has 7 nitrogen and oxygen atoms in total. The number of nitrogens with zero attached hydrogens (tertiary/aromatic N) is 3. The first kappa shape index (κ1) is 19.7. The van der Waals surface area contributed by atoms with Gasteiger partial charge in [0.25, 0.3) is 5.69 Å². The Morgan fingerprint density at radius 1 is 1.21 bits per heavy atom. The summed E-state index contributed by atoms with van der Waals surface area (Å²) in [5.41, 5.74) is 5.90. The predicted molar refractivity (Wildman–Crippen MR) is 108 cm³/mol. The molecule has 1 amide bonds. The molecule has 1 fully saturated rings. The quantitative estimate of drug-likeness (QED) is 0.473. The maximum absolute atomic E-state index is 12.3. The van der Waals surface area contributed by atoms with Crippen LogP contribution in [0.15, 0.2) is 53.6 Å². The molecule has 1 aliphatic heterocycles. The van der Waals surface area contributed by atoms with Gasteiger partial charge in [-0.2, -0.15) is 5.10 Å². The van der Waals surface area contributed by atoms with Gasteiger partial charge in [-0.15, -0.1) is 0 Å². The molecule has 1 heterocycles. The van der Waals surface area contributed by atoms with Crippen molar-refractivity contribution in [2.75, 3.05) is 13.1 Å². The van der Waals surface area contributed by atoms with E-state index in [9.17, 15) is 14.9 Å². The highest BCUT2D eigenvalue weighted by Gasteiger charge is 2.24. The molecule has 0 unspecified atom stereocenters. The summed E-state index contributed by atoms with van der Waals surface area (Å²) in [6.07, 6.45) is 3.23. The van der Waals surface area contributed by atoms with Gasteiger partial charge >= 0.3 is 0 Å². The van der Waals surface area contributed by atoms with Gasteiger partial charge in [0.05, 0.1) is 11.1 Å². The number of amides is 1. The van der Waals surface area contributed by atoms with Crippen molar-refractivity contribution in [3.63, 3.8) is 0 Å². The number of benzene rings is 2. The Balaban J connectivity index is 1.45. The van der Waals surface area contributed by atoms with Crippen LogP contribution in [0.2, 0.25) is 0 Å². The van der Waals surface area contributed by atoms with Crippen molar-refractivity contribution >= 4 is 17.8 Å². The summed E-state index contributed by atoms with van der Waals surface area (Å²) in [6, 6.07) is 14.5. The third-order valence-corrected chi connectivity index (χ3v) is 5.08. The smallest absolute Gasteiger partial charge is 0.269 e. The number of hydrogen-bond donors (Lipinski definition) is 1. The lowest BCUT2D eigenvalue weighted by molar-refractivity contribution is -0.384. The van der Waals surface area contributed by atoms with Crippen LogP contribution in [0, 0.1) is 23.0 Å². The highest BCUT2D eigenvalue weighted by molar-refractivity contribution is 5.84. The van der Waals surface area contributed by atoms with Crippen molar-refractivity contribution in [1.29, 1.82) is 0 Å². The zero-order valence-electron chi connectivity index (χ0n) is 15.9. The van der Waals surface area contributed by atoms with E-state index in [4.69, 9.17) is 0 Å². The van der Waals surface area contributed by atoms with E-state index in [0.717, 1.165) is 49.2 Å². The Morgan fingerprint density at radius 2 is 1.89 bits per heavy atom. The molecule has 0 bridgehead atoms. The highest BCUT2D eigenvalue weighted by atomic mass is 16.6. The maximum atomic E-state index is 12.3. The lowest BCUT2D eigenvalue weighted by Crippen LogP contribution is -2.39. The van der Waals surface area contributed by atoms with E-state index in [1.807, 2.05) is 31.2 Å². The van der Waals surface area contributed by atoms with Gasteiger partial charge in [-0.25, -0.2) is 5.43 Å². The number of hydrazone groups is 1. The Bertz CT molecular complexity index is 856. The second-order valence-corrected chi connectivity index (χ2v) is 7.06. The third-order valence-electron chi connectivity index (χ3n) is 5.08. The normalized spacial score (nSPS) is 15.6. The largest absolute Gasteiger partial charge is 0.299 e. The van der Waals surface area contributed by atoms with Crippen molar-refractivity contribution in [3.05, 3.63) is 75.3 Å². The number of non-ortho nitro benzene ring substituents is 1. The van der Waals surface area contributed by atoms with Crippen LogP contribution >= 0.6 is 0 Å². The van der Waals surface area contributed by atoms with Crippen LogP contribution in [0.25, 0.3) is 0 Å². The summed E-state index contributed by atoms with van der Waals surface area (Å²) >= 11 is 0. The van der Waals surface area contributed by atoms with Gasteiger partial charge in [-0.1, -0.05) is 36.4 Å². The number of carbonyl (C=O) groups excluding carboxylic acids is 1. The average molecular weight is 380 g/mol. The molecule has 1 saturated heterocycles. The Morgan fingerprint density at radius 3 is 2.54 bits per heavy atom. The molecule has 0 spiro atoms. The van der Waals surface area contributed by atoms with Gasteiger partial charge in [0, 0.05) is 24.6 Å². The predicted octanol–water partition coefficient (Wildman–Crippen LogP) is 3.27. The van der Waals surface area contributed by atoms with E-state index in [0.29, 0.717) is 0 Å². The SMILES string of the molecule is Cc1ccccc1/C=N/NC(=O)C1CCN(Cc2ccc([N+](=O)[O-])cc2)CC1. The monoisotopic (exact) mass is 380 g/mol. The van der Waals surface area contributed by atoms with E-state index in [1.54, 1.807) is 18.3 Å². The van der Waals surface area contributed by atoms with Gasteiger partial charge < -0.3 is 0 Å². The lowest BCUT2D eigenvalue weighted by Gasteiger charge is -2.30. The fraction of sp³-hybridized carbons (Fsp3) is 0.333. The van der Waals surface area contributed by atoms with E-state index in [1.165, 1.54) is 12.1 Å². The number of nitro benzene ring substituents is 1. The van der Waals surface area contributed by atoms with Crippen molar-refractivity contribution in [2.24, 2.45) is 11.0 Å². The van der Waals surface area contributed by atoms with Crippen LogP contribution in [-0.4, -0.2) is 35.0 Å². The number of nitro groups is 1. The van der Waals surface area contributed by atoms with Crippen molar-refractivity contribution in [3.8, 4) is 0 Å². The lowest BCUT2D eigenvalue weighted by atomic mass is 9.96. The molecule has 2 aromatic rings. The summed E-state index contributed by atoms with van der Waals surface area (Å²) < 4.78 is 0. The molecule has 7 heteroatoms. The first-order valence-corrected chi connectivity index (χ1v) is 9.37. The zero-order chi connectivity index (χ0) is 19.9. The average Bonchev–Trinajstić information content (AvgIpc) is 2.70. The minimum Gasteiger partial charge on any atom is -0.299 e. The summed E-state index contributed by atoms with van der Waals surface area (Å²) in [5.74, 6) is -0.0815. The second-order valence-electron chi connectivity index (χ2n) is 7.06. The topological polar surface area (TPSA) is 87.8 Å². The van der Waals surface area contributed by atoms with Crippen molar-refractivity contribution in [2.45, 2.75) is 26.3 Å². The van der Waals surface area contributed by atoms with E-state index < -0.39 is 4.92 Å². The summed E-state index contributed by atoms with van der Waals surface area (Å²) in [6.45, 7) is 4.37. The Kier molecular flexibility index (Phi) is 6.49. The van der Waals surface area contributed by atoms with Gasteiger partial charge in [0.1, 0.15) is 0 Å². The minimum absolute atomic E-state index is 0.0397. The molecule has 0 saturated carbocycles. The zero-order valence-corrected chi connectivity index (χ0v) is 15.9. The summed E-state index contributed by atoms with van der Waals surface area (Å²) in [5, 5.41) is 14.8. The summed E-state index contributed by atoms with van der Waals surface area (Å²) in [7, 11) is 0. The highest BCUT2D eigenvalue weighted by Crippen LogP contribution is 2.20. The fourth-order valence-electron chi connectivity index (χ4n) is 3.32. The fourth-order valence-corrected chi connectivity index (χ4v) is 3.32. The Labute approximate surface area is 164 Å². The van der Waals surface area contributed by atoms with Crippen LogP contribution in [0.1, 0.15) is 29.5 Å². The molecule has 0 aliphatic carbocycles. The maximum Gasteiger partial charge on any atom is 0.269 e. The minimum atomic E-state index is -0.393. The molecule has 28 heavy (non-hydrogen) atoms. The number of rotatable bonds is 6. The molecule has 1 N–H and O–H groups in total. The molecular formula is C21H24N4O3. The first-order chi connectivity index (χ1) is 13.5. The van der Waals surface area contributed by atoms with E-state index in [2.05, 4.69) is 15.4 Å². The van der Waals surface area contributed by atoms with Crippen LogP contribution < -0.4 is 5.43 Å². The molecule has 146 valence electrons. The molecule has 3 rings (SSSR count). The van der Waals surface area contributed by atoms with Gasteiger partial charge in [0.2, 0.25) is 5.91 Å². The molecule has 0 atom stereocenters. The van der Waals surface area contributed by atoms with Crippen LogP contribution in [-0.2, 0) is 11.3 Å². The van der Waals surface area contributed by atoms with Crippen LogP contribution in [0.4, 0.5) is 5.69 Å². The van der Waals surface area contributed by atoms with Gasteiger partial charge in [0.15, 0.2) is 0 Å². The van der Waals surface area contributed by atoms with Crippen molar-refractivity contribution < 1.29 is 9.72 Å². The molecule has 1 aliphatic rings. The molecule has 2 aromatic carbocycles. The summed E-state index contributed by atoms with van der Waals surface area (Å²) in [4.78, 5) is 24.9. The number of carbonyl (C=O) groups is 1. The third kappa shape index (κ3) is 5.23. The number of hydrogen-bond acceptors (Lipinski definition) is 5. The molecule has 0 radical (unpaired) electrons. The van der Waals surface area contributed by atoms with E-state index >= 15 is 0 Å². The van der Waals surface area contributed by atoms with E-state index in [-0.39, 0.29) is 17.5 Å². The molecule has 0 aromatic heterocycles. The second kappa shape index (κ2) is 9.23. The van der Waals surface area contributed by atoms with Crippen LogP contribution in [0.3, 0.4) is 0 Å². The number of likely N-dealkylation sites (tertiary alicyclic amines) is 1. The van der Waals surface area contributed by atoms with Crippen molar-refractivity contribution in [1.82, 2.24) is 10.3 Å². The number of piperidine rings is 1. The number of aryl methyl sites for hydroxylation is 1. The van der Waals surface area contributed by atoms with Crippen LogP contribution in [0.5, 0.6) is 0 Å².